The van der Waals surface area contributed by atoms with Gasteiger partial charge in [0.15, 0.2) is 0 Å². The molecule has 0 saturated heterocycles. The Hall–Kier alpha value is -7.36. The Labute approximate surface area is 282 Å². The summed E-state index contributed by atoms with van der Waals surface area (Å²) in [5.74, 6) is 0.624. The zero-order valence-electron chi connectivity index (χ0n) is 25.7. The van der Waals surface area contributed by atoms with Crippen molar-refractivity contribution in [2.24, 2.45) is 0 Å². The number of hydrogen-bond acceptors (Lipinski definition) is 12. The highest BCUT2D eigenvalue weighted by molar-refractivity contribution is 5.61. The minimum atomic E-state index is -0.479. The number of nitrogens with one attached hydrogen (secondary N) is 1. The molecule has 0 amide bonds. The van der Waals surface area contributed by atoms with E-state index in [9.17, 15) is 8.78 Å². The third-order valence-electron chi connectivity index (χ3n) is 6.64. The number of aromatic nitrogens is 12. The maximum absolute atomic E-state index is 14.0. The second kappa shape index (κ2) is 14.6. The second-order valence-electron chi connectivity index (χ2n) is 10.2. The van der Waals surface area contributed by atoms with Crippen molar-refractivity contribution in [3.63, 3.8) is 0 Å². The number of ether oxygens (including phenoxy) is 1. The van der Waals surface area contributed by atoms with Crippen molar-refractivity contribution >= 4 is 11.4 Å². The van der Waals surface area contributed by atoms with Crippen LogP contribution in [0.25, 0.3) is 34.4 Å². The molecule has 8 rings (SSSR count). The lowest BCUT2D eigenvalue weighted by molar-refractivity contribution is 0.473. The summed E-state index contributed by atoms with van der Waals surface area (Å²) in [7, 11) is 0. The Bertz CT molecular complexity index is 2140. The smallest absolute Gasteiger partial charge is 0.223 e. The van der Waals surface area contributed by atoms with Crippen LogP contribution in [0.2, 0.25) is 0 Å². The number of tetrazole rings is 2. The molecule has 0 unspecified atom stereocenters. The molecule has 0 radical (unpaired) electrons. The van der Waals surface area contributed by atoms with Crippen LogP contribution in [-0.4, -0.2) is 60.4 Å². The third kappa shape index (κ3) is 7.77. The van der Waals surface area contributed by atoms with Crippen molar-refractivity contribution in [3.8, 4) is 45.9 Å². The molecule has 6 aromatic heterocycles. The average molecular weight is 668 g/mol. The number of rotatable bonds is 8. The van der Waals surface area contributed by atoms with Gasteiger partial charge in [-0.15, -0.1) is 30.0 Å². The summed E-state index contributed by atoms with van der Waals surface area (Å²) in [6.07, 6.45) is 9.77. The average Bonchev–Trinajstić information content (AvgIpc) is 3.85. The van der Waals surface area contributed by atoms with Gasteiger partial charge in [-0.25, -0.2) is 8.78 Å². The van der Waals surface area contributed by atoms with Gasteiger partial charge < -0.3 is 10.1 Å². The van der Waals surface area contributed by atoms with E-state index in [4.69, 9.17) is 4.74 Å². The van der Waals surface area contributed by atoms with Crippen LogP contribution in [0.15, 0.2) is 134 Å². The number of nitrogens with zero attached hydrogens (tertiary/aromatic N) is 12. The number of anilines is 2. The Balaban J connectivity index is 0.000000157. The molecule has 0 saturated carbocycles. The van der Waals surface area contributed by atoms with Crippen molar-refractivity contribution in [2.75, 3.05) is 5.32 Å². The molecule has 1 N–H and O–H groups in total. The molecule has 244 valence electrons. The Morgan fingerprint density at radius 1 is 0.540 bits per heavy atom. The van der Waals surface area contributed by atoms with Gasteiger partial charge in [-0.1, -0.05) is 12.1 Å². The fourth-order valence-corrected chi connectivity index (χ4v) is 4.47. The van der Waals surface area contributed by atoms with Crippen LogP contribution >= 0.6 is 0 Å². The molecule has 0 fully saturated rings. The maximum Gasteiger partial charge on any atom is 0.223 e. The van der Waals surface area contributed by atoms with Crippen molar-refractivity contribution < 1.29 is 13.5 Å². The summed E-state index contributed by atoms with van der Waals surface area (Å²) in [6.45, 7) is 0. The molecule has 0 aliphatic heterocycles. The summed E-state index contributed by atoms with van der Waals surface area (Å²) in [5, 5.41) is 27.5. The normalized spacial score (nSPS) is 10.6. The molecule has 14 nitrogen and oxygen atoms in total. The van der Waals surface area contributed by atoms with E-state index < -0.39 is 11.6 Å². The van der Waals surface area contributed by atoms with E-state index in [0.717, 1.165) is 5.69 Å². The van der Waals surface area contributed by atoms with Crippen molar-refractivity contribution in [1.82, 2.24) is 60.4 Å². The van der Waals surface area contributed by atoms with Gasteiger partial charge in [0.05, 0.1) is 29.5 Å². The van der Waals surface area contributed by atoms with E-state index in [-0.39, 0.29) is 0 Å². The Morgan fingerprint density at radius 3 is 1.74 bits per heavy atom. The van der Waals surface area contributed by atoms with E-state index in [1.165, 1.54) is 40.1 Å². The molecule has 0 aliphatic carbocycles. The number of hydrogen-bond donors (Lipinski definition) is 1. The Kier molecular flexibility index (Phi) is 9.12. The van der Waals surface area contributed by atoms with E-state index >= 15 is 0 Å². The lowest BCUT2D eigenvalue weighted by Crippen LogP contribution is -2.01. The van der Waals surface area contributed by atoms with Crippen LogP contribution in [0.3, 0.4) is 0 Å². The highest BCUT2D eigenvalue weighted by Gasteiger charge is 2.12. The van der Waals surface area contributed by atoms with Crippen LogP contribution < -0.4 is 10.1 Å². The predicted octanol–water partition coefficient (Wildman–Crippen LogP) is 6.05. The van der Waals surface area contributed by atoms with Crippen LogP contribution in [0.1, 0.15) is 0 Å². The fraction of sp³-hybridized carbons (Fsp3) is 0. The van der Waals surface area contributed by atoms with E-state index in [2.05, 4.69) is 56.1 Å². The largest absolute Gasteiger partial charge is 0.456 e. The molecule has 16 heteroatoms. The van der Waals surface area contributed by atoms with Crippen molar-refractivity contribution in [1.29, 1.82) is 0 Å². The van der Waals surface area contributed by atoms with Gasteiger partial charge >= 0.3 is 0 Å². The van der Waals surface area contributed by atoms with Gasteiger partial charge in [0.1, 0.15) is 34.5 Å². The summed E-state index contributed by atoms with van der Waals surface area (Å²) in [5.41, 5.74) is 3.31. The van der Waals surface area contributed by atoms with Crippen LogP contribution in [0.4, 0.5) is 20.2 Å². The molecular weight excluding hydrogens is 644 g/mol. The zero-order chi connectivity index (χ0) is 34.1. The maximum atomic E-state index is 14.0. The van der Waals surface area contributed by atoms with E-state index in [1.54, 1.807) is 85.6 Å². The molecular formula is C34H23F2N13O. The van der Waals surface area contributed by atoms with Crippen LogP contribution in [0.5, 0.6) is 11.5 Å². The second-order valence-corrected chi connectivity index (χ2v) is 10.2. The molecule has 0 aliphatic rings. The number of pyridine rings is 4. The first-order valence-electron chi connectivity index (χ1n) is 14.9. The lowest BCUT2D eigenvalue weighted by atomic mass is 10.2. The highest BCUT2D eigenvalue weighted by atomic mass is 19.1. The zero-order valence-corrected chi connectivity index (χ0v) is 25.7. The summed E-state index contributed by atoms with van der Waals surface area (Å²) < 4.78 is 33.5. The molecule has 50 heavy (non-hydrogen) atoms. The Morgan fingerprint density at radius 2 is 1.16 bits per heavy atom. The summed E-state index contributed by atoms with van der Waals surface area (Å²) in [4.78, 5) is 18.8. The number of halogens is 2. The third-order valence-corrected chi connectivity index (χ3v) is 6.64. The highest BCUT2D eigenvalue weighted by Crippen LogP contribution is 2.25. The lowest BCUT2D eigenvalue weighted by Gasteiger charge is -2.08. The monoisotopic (exact) mass is 667 g/mol. The standard InChI is InChI=1S/C17H12FN7.C17H11FN6O/c18-12-8-14(21-13-4-3-6-19-11-13)10-15(9-12)25-23-17(22-24-25)16-5-1-2-7-20-16;18-12-8-13(10-15(9-12)25-14-4-3-6-19-11-14)24-22-17(21-23-24)16-5-1-2-7-20-16/h1-11,21H;1-11H. The van der Waals surface area contributed by atoms with Crippen LogP contribution in [-0.2, 0) is 0 Å². The minimum Gasteiger partial charge on any atom is -0.456 e. The molecule has 0 spiro atoms. The predicted molar refractivity (Wildman–Crippen MR) is 177 cm³/mol. The quantitative estimate of drug-likeness (QED) is 0.200. The minimum absolute atomic E-state index is 0.305. The fourth-order valence-electron chi connectivity index (χ4n) is 4.47. The van der Waals surface area contributed by atoms with E-state index in [0.29, 0.717) is 51.6 Å². The van der Waals surface area contributed by atoms with Gasteiger partial charge in [0.25, 0.3) is 0 Å². The molecule has 0 atom stereocenters. The number of benzene rings is 2. The summed E-state index contributed by atoms with van der Waals surface area (Å²) in [6, 6.07) is 26.5. The molecule has 6 heterocycles. The van der Waals surface area contributed by atoms with Gasteiger partial charge in [-0.05, 0) is 71.1 Å². The SMILES string of the molecule is Fc1cc(Nc2cccnc2)cc(-n2nnc(-c3ccccn3)n2)c1.Fc1cc(Oc2cccnc2)cc(-n2nnc(-c3ccccn3)n2)c1. The van der Waals surface area contributed by atoms with Crippen LogP contribution in [0, 0.1) is 11.6 Å². The van der Waals surface area contributed by atoms with Gasteiger partial charge in [-0.3, -0.25) is 19.9 Å². The first-order chi connectivity index (χ1) is 24.6. The molecule has 0 bridgehead atoms. The summed E-state index contributed by atoms with van der Waals surface area (Å²) >= 11 is 0. The van der Waals surface area contributed by atoms with Gasteiger partial charge in [-0.2, -0.15) is 0 Å². The topological polar surface area (TPSA) is 160 Å². The first kappa shape index (κ1) is 31.3. The van der Waals surface area contributed by atoms with Crippen molar-refractivity contribution in [3.05, 3.63) is 146 Å². The first-order valence-corrected chi connectivity index (χ1v) is 14.9. The van der Waals surface area contributed by atoms with E-state index in [1.807, 2.05) is 18.2 Å². The van der Waals surface area contributed by atoms with Crippen molar-refractivity contribution in [2.45, 2.75) is 0 Å². The molecule has 8 aromatic rings. The van der Waals surface area contributed by atoms with Gasteiger partial charge in [0.2, 0.25) is 11.6 Å². The van der Waals surface area contributed by atoms with Gasteiger partial charge in [0, 0.05) is 54.7 Å². The molecule has 2 aromatic carbocycles.